The van der Waals surface area contributed by atoms with Crippen LogP contribution in [0, 0.1) is 6.92 Å². The van der Waals surface area contributed by atoms with Gasteiger partial charge in [-0.1, -0.05) is 47.6 Å². The summed E-state index contributed by atoms with van der Waals surface area (Å²) < 4.78 is 2.66. The van der Waals surface area contributed by atoms with Gasteiger partial charge in [0, 0.05) is 7.05 Å². The molecule has 0 radical (unpaired) electrons. The Morgan fingerprint density at radius 1 is 1.22 bits per heavy atom. The number of hydrogen-bond donors (Lipinski definition) is 0. The summed E-state index contributed by atoms with van der Waals surface area (Å²) in [6, 6.07) is 15.9. The van der Waals surface area contributed by atoms with Crippen LogP contribution in [0.2, 0.25) is 5.28 Å². The van der Waals surface area contributed by atoms with Crippen molar-refractivity contribution in [3.8, 4) is 0 Å². The van der Waals surface area contributed by atoms with Crippen molar-refractivity contribution >= 4 is 17.3 Å². The summed E-state index contributed by atoms with van der Waals surface area (Å²) in [7, 11) is 1.58. The maximum atomic E-state index is 12.1. The lowest BCUT2D eigenvalue weighted by atomic mass is 10.0. The molecule has 0 saturated heterocycles. The Kier molecular flexibility index (Phi) is 5.76. The second-order valence-electron chi connectivity index (χ2n) is 6.34. The molecule has 1 heterocycles. The van der Waals surface area contributed by atoms with Crippen LogP contribution in [0.25, 0.3) is 0 Å². The Morgan fingerprint density at radius 2 is 1.96 bits per heavy atom. The van der Waals surface area contributed by atoms with Crippen molar-refractivity contribution in [3.63, 3.8) is 0 Å². The molecule has 0 bridgehead atoms. The molecule has 2 aromatic carbocycles. The number of aryl methyl sites for hydroxylation is 2. The molecule has 0 amide bonds. The van der Waals surface area contributed by atoms with E-state index in [9.17, 15) is 4.79 Å². The molecule has 0 aliphatic rings. The van der Waals surface area contributed by atoms with Crippen LogP contribution in [0.3, 0.4) is 0 Å². The monoisotopic (exact) mass is 384 g/mol. The number of benzene rings is 2. The lowest BCUT2D eigenvalue weighted by Crippen LogP contribution is -2.23. The Morgan fingerprint density at radius 3 is 2.63 bits per heavy atom. The van der Waals surface area contributed by atoms with Crippen LogP contribution in [0.1, 0.15) is 29.2 Å². The highest BCUT2D eigenvalue weighted by Crippen LogP contribution is 2.15. The van der Waals surface area contributed by atoms with Crippen molar-refractivity contribution in [2.75, 3.05) is 0 Å². The highest BCUT2D eigenvalue weighted by molar-refractivity contribution is 6.28. The summed E-state index contributed by atoms with van der Waals surface area (Å²) in [6.45, 7) is 4.65. The highest BCUT2D eigenvalue weighted by atomic mass is 35.5. The van der Waals surface area contributed by atoms with E-state index in [0.717, 1.165) is 28.0 Å². The first-order valence-corrected chi connectivity index (χ1v) is 8.93. The van der Waals surface area contributed by atoms with E-state index in [0.29, 0.717) is 13.2 Å². The lowest BCUT2D eigenvalue weighted by Gasteiger charge is -2.10. The normalized spacial score (nSPS) is 11.6. The summed E-state index contributed by atoms with van der Waals surface area (Å²) >= 11 is 6.07. The molecule has 0 fully saturated rings. The van der Waals surface area contributed by atoms with Crippen LogP contribution in [0.4, 0.5) is 0 Å². The number of aromatic nitrogens is 3. The summed E-state index contributed by atoms with van der Waals surface area (Å²) in [4.78, 5) is 17.6. The van der Waals surface area contributed by atoms with Crippen molar-refractivity contribution in [1.82, 2.24) is 14.3 Å². The van der Waals surface area contributed by atoms with Crippen molar-refractivity contribution in [1.29, 1.82) is 0 Å². The van der Waals surface area contributed by atoms with Crippen molar-refractivity contribution in [3.05, 3.63) is 86.6 Å². The van der Waals surface area contributed by atoms with Crippen LogP contribution in [0.15, 0.2) is 58.5 Å². The number of halogens is 1. The third-order valence-electron chi connectivity index (χ3n) is 4.33. The molecule has 3 aromatic rings. The van der Waals surface area contributed by atoms with Gasteiger partial charge in [-0.3, -0.25) is 4.57 Å². The van der Waals surface area contributed by atoms with E-state index < -0.39 is 0 Å². The van der Waals surface area contributed by atoms with E-state index >= 15 is 0 Å². The molecule has 7 heteroatoms. The Hall–Kier alpha value is -2.86. The molecular weight excluding hydrogens is 364 g/mol. The first-order chi connectivity index (χ1) is 13.0. The molecule has 27 heavy (non-hydrogen) atoms. The summed E-state index contributed by atoms with van der Waals surface area (Å²) in [6.07, 6.45) is 0. The topological polar surface area (TPSA) is 61.4 Å². The molecule has 6 nitrogen and oxygen atoms in total. The first-order valence-electron chi connectivity index (χ1n) is 8.55. The van der Waals surface area contributed by atoms with Gasteiger partial charge in [0.2, 0.25) is 5.28 Å². The largest absolute Gasteiger partial charge is 0.391 e. The van der Waals surface area contributed by atoms with Crippen molar-refractivity contribution in [2.24, 2.45) is 12.2 Å². The van der Waals surface area contributed by atoms with Crippen LogP contribution < -0.4 is 5.69 Å². The fourth-order valence-electron chi connectivity index (χ4n) is 2.67. The Balaban J connectivity index is 1.78. The maximum absolute atomic E-state index is 12.1. The van der Waals surface area contributed by atoms with Gasteiger partial charge in [0.1, 0.15) is 6.61 Å². The predicted octanol–water partition coefficient (Wildman–Crippen LogP) is 3.53. The number of nitrogens with zero attached hydrogens (tertiary/aromatic N) is 4. The molecule has 0 aliphatic carbocycles. The van der Waals surface area contributed by atoms with Crippen LogP contribution in [-0.4, -0.2) is 20.1 Å². The molecule has 3 rings (SSSR count). The number of rotatable bonds is 6. The van der Waals surface area contributed by atoms with E-state index in [-0.39, 0.29) is 11.0 Å². The second kappa shape index (κ2) is 8.22. The first kappa shape index (κ1) is 18.9. The predicted molar refractivity (Wildman–Crippen MR) is 106 cm³/mol. The maximum Gasteiger partial charge on any atom is 0.346 e. The van der Waals surface area contributed by atoms with Crippen LogP contribution in [-0.2, 0) is 25.0 Å². The van der Waals surface area contributed by atoms with Gasteiger partial charge in [0.05, 0.1) is 12.3 Å². The molecule has 0 aliphatic heterocycles. The van der Waals surface area contributed by atoms with Crippen LogP contribution in [0.5, 0.6) is 0 Å². The van der Waals surface area contributed by atoms with E-state index in [1.54, 1.807) is 7.05 Å². The lowest BCUT2D eigenvalue weighted by molar-refractivity contribution is 0.130. The van der Waals surface area contributed by atoms with E-state index in [2.05, 4.69) is 10.3 Å². The summed E-state index contributed by atoms with van der Waals surface area (Å²) in [5.41, 5.74) is 4.53. The van der Waals surface area contributed by atoms with Gasteiger partial charge in [0.25, 0.3) is 0 Å². The SMILES string of the molecule is C/C(=N\OCc1ccccc1)c1ccc(C)c(Cn2c(Cl)nn(C)c2=O)c1. The Bertz CT molecular complexity index is 1020. The van der Waals surface area contributed by atoms with Crippen molar-refractivity contribution < 1.29 is 4.84 Å². The van der Waals surface area contributed by atoms with E-state index in [1.807, 2.05) is 62.4 Å². The fourth-order valence-corrected chi connectivity index (χ4v) is 2.92. The molecule has 0 saturated carbocycles. The van der Waals surface area contributed by atoms with E-state index in [4.69, 9.17) is 16.4 Å². The van der Waals surface area contributed by atoms with Crippen molar-refractivity contribution in [2.45, 2.75) is 27.0 Å². The third-order valence-corrected chi connectivity index (χ3v) is 4.61. The molecule has 0 atom stereocenters. The standard InChI is InChI=1S/C20H21ClN4O2/c1-14-9-10-17(15(2)23-27-13-16-7-5-4-6-8-16)11-18(14)12-25-19(21)22-24(3)20(25)26/h4-11H,12-13H2,1-3H3/b23-15+. The summed E-state index contributed by atoms with van der Waals surface area (Å²) in [5.74, 6) is 0. The Labute approximate surface area is 162 Å². The zero-order chi connectivity index (χ0) is 19.4. The third kappa shape index (κ3) is 4.46. The van der Waals surface area contributed by atoms with Gasteiger partial charge in [-0.05, 0) is 53.8 Å². The quantitative estimate of drug-likeness (QED) is 0.482. The molecule has 1 aromatic heterocycles. The van der Waals surface area contributed by atoms with Gasteiger partial charge in [-0.2, -0.15) is 0 Å². The smallest absolute Gasteiger partial charge is 0.346 e. The molecule has 0 spiro atoms. The minimum atomic E-state index is -0.249. The fraction of sp³-hybridized carbons (Fsp3) is 0.250. The van der Waals surface area contributed by atoms with Gasteiger partial charge >= 0.3 is 5.69 Å². The molecule has 0 unspecified atom stereocenters. The van der Waals surface area contributed by atoms with Gasteiger partial charge in [-0.25, -0.2) is 9.48 Å². The molecule has 140 valence electrons. The van der Waals surface area contributed by atoms with Crippen LogP contribution >= 0.6 is 11.6 Å². The zero-order valence-electron chi connectivity index (χ0n) is 15.5. The van der Waals surface area contributed by atoms with Gasteiger partial charge < -0.3 is 4.84 Å². The summed E-state index contributed by atoms with van der Waals surface area (Å²) in [5, 5.41) is 8.33. The minimum absolute atomic E-state index is 0.170. The minimum Gasteiger partial charge on any atom is -0.391 e. The molecule has 0 N–H and O–H groups in total. The second-order valence-corrected chi connectivity index (χ2v) is 6.68. The average molecular weight is 385 g/mol. The van der Waals surface area contributed by atoms with Gasteiger partial charge in [0.15, 0.2) is 0 Å². The highest BCUT2D eigenvalue weighted by Gasteiger charge is 2.11. The molecular formula is C20H21ClN4O2. The number of hydrogen-bond acceptors (Lipinski definition) is 4. The van der Waals surface area contributed by atoms with Gasteiger partial charge in [-0.15, -0.1) is 5.10 Å². The van der Waals surface area contributed by atoms with E-state index in [1.165, 1.54) is 9.25 Å². The average Bonchev–Trinajstić information content (AvgIpc) is 2.90. The zero-order valence-corrected chi connectivity index (χ0v) is 16.3. The number of oxime groups is 1.